The molecule has 10 nitrogen and oxygen atoms in total. The maximum atomic E-state index is 11.6. The van der Waals surface area contributed by atoms with Gasteiger partial charge in [0.25, 0.3) is 5.69 Å². The van der Waals surface area contributed by atoms with Gasteiger partial charge >= 0.3 is 6.16 Å². The second-order valence-corrected chi connectivity index (χ2v) is 6.91. The van der Waals surface area contributed by atoms with Gasteiger partial charge in [-0.1, -0.05) is 13.8 Å². The normalized spacial score (nSPS) is 12.0. The van der Waals surface area contributed by atoms with Crippen molar-refractivity contribution in [3.63, 3.8) is 0 Å². The van der Waals surface area contributed by atoms with Crippen molar-refractivity contribution in [1.82, 2.24) is 14.7 Å². The van der Waals surface area contributed by atoms with E-state index >= 15 is 0 Å². The molecule has 2 heterocycles. The average Bonchev–Trinajstić information content (AvgIpc) is 3.09. The third-order valence-electron chi connectivity index (χ3n) is 5.33. The molecule has 0 fully saturated rings. The second kappa shape index (κ2) is 7.64. The van der Waals surface area contributed by atoms with Gasteiger partial charge in [0.1, 0.15) is 17.1 Å². The van der Waals surface area contributed by atoms with E-state index in [0.717, 1.165) is 25.2 Å². The molecule has 156 valence electrons. The molecule has 4 rings (SSSR count). The molecule has 0 radical (unpaired) electrons. The van der Waals surface area contributed by atoms with Crippen LogP contribution in [0.4, 0.5) is 21.9 Å². The number of nitro benzene ring substituents is 1. The van der Waals surface area contributed by atoms with Crippen molar-refractivity contribution in [2.45, 2.75) is 20.4 Å². The van der Waals surface area contributed by atoms with E-state index in [0.29, 0.717) is 34.6 Å². The number of likely N-dealkylation sites (N-methyl/N-ethyl adjacent to an activating group) is 1. The number of nitro groups is 1. The van der Waals surface area contributed by atoms with Crippen molar-refractivity contribution in [3.8, 4) is 17.0 Å². The van der Waals surface area contributed by atoms with Crippen LogP contribution in [0.25, 0.3) is 22.2 Å². The van der Waals surface area contributed by atoms with Crippen LogP contribution in [-0.4, -0.2) is 50.5 Å². The molecule has 1 aliphatic heterocycles. The highest BCUT2D eigenvalue weighted by atomic mass is 16.7. The maximum absolute atomic E-state index is 11.6. The smallest absolute Gasteiger partial charge is 0.449 e. The summed E-state index contributed by atoms with van der Waals surface area (Å²) in [6.45, 7) is 7.43. The molecule has 0 atom stereocenters. The molecule has 1 aliphatic rings. The zero-order valence-corrected chi connectivity index (χ0v) is 16.6. The second-order valence-electron chi connectivity index (χ2n) is 6.91. The molecule has 2 aromatic carbocycles. The molecule has 3 aromatic rings. The monoisotopic (exact) mass is 411 g/mol. The van der Waals surface area contributed by atoms with Crippen molar-refractivity contribution < 1.29 is 19.6 Å². The number of benzene rings is 2. The highest BCUT2D eigenvalue weighted by molar-refractivity contribution is 6.12. The lowest BCUT2D eigenvalue weighted by molar-refractivity contribution is -0.383. The minimum absolute atomic E-state index is 0.0384. The Morgan fingerprint density at radius 2 is 2.07 bits per heavy atom. The Balaban J connectivity index is 1.87. The van der Waals surface area contributed by atoms with Crippen molar-refractivity contribution in [1.29, 1.82) is 0 Å². The molecular formula is C20H21N5O5. The molecule has 1 aromatic heterocycles. The first-order valence-electron chi connectivity index (χ1n) is 9.65. The lowest BCUT2D eigenvalue weighted by Crippen LogP contribution is -2.27. The number of nitrogens with one attached hydrogen (secondary N) is 1. The number of fused-ring (bicyclic) bond motifs is 2. The molecule has 0 saturated carbocycles. The lowest BCUT2D eigenvalue weighted by Gasteiger charge is -2.18. The highest BCUT2D eigenvalue weighted by Crippen LogP contribution is 2.47. The summed E-state index contributed by atoms with van der Waals surface area (Å²) in [5, 5.41) is 29.0. The summed E-state index contributed by atoms with van der Waals surface area (Å²) in [4.78, 5) is 24.4. The first kappa shape index (κ1) is 19.6. The molecule has 2 N–H and O–H groups in total. The number of anilines is 2. The standard InChI is InChI=1S/C20H21N5O5/c1-3-23(4-2)9-10-24-15-7-8-16(25(28)29)19-17(15)18(22-24)13-11-12(30-20(26)27)5-6-14(13)21-19/h5-8,11,21H,3-4,9-10H2,1-2H3,(H,26,27). The topological polar surface area (TPSA) is 123 Å². The average molecular weight is 411 g/mol. The third kappa shape index (κ3) is 3.30. The summed E-state index contributed by atoms with van der Waals surface area (Å²) in [5.41, 5.74) is 2.93. The molecule has 0 bridgehead atoms. The van der Waals surface area contributed by atoms with E-state index in [1.54, 1.807) is 18.2 Å². The Kier molecular flexibility index (Phi) is 5.00. The van der Waals surface area contributed by atoms with Gasteiger partial charge in [0.15, 0.2) is 0 Å². The number of hydrogen-bond acceptors (Lipinski definition) is 7. The van der Waals surface area contributed by atoms with Gasteiger partial charge < -0.3 is 20.1 Å². The van der Waals surface area contributed by atoms with Crippen LogP contribution in [0.1, 0.15) is 13.8 Å². The molecule has 30 heavy (non-hydrogen) atoms. The molecule has 0 aliphatic carbocycles. The van der Waals surface area contributed by atoms with Gasteiger partial charge in [-0.3, -0.25) is 14.8 Å². The van der Waals surface area contributed by atoms with Gasteiger partial charge in [-0.05, 0) is 37.4 Å². The van der Waals surface area contributed by atoms with Gasteiger partial charge in [-0.25, -0.2) is 4.79 Å². The number of nitrogens with zero attached hydrogens (tertiary/aromatic N) is 4. The van der Waals surface area contributed by atoms with Gasteiger partial charge in [0.2, 0.25) is 0 Å². The number of ether oxygens (including phenoxy) is 1. The number of carbonyl (C=O) groups is 1. The molecule has 0 spiro atoms. The molecule has 0 amide bonds. The van der Waals surface area contributed by atoms with Crippen molar-refractivity contribution >= 4 is 34.1 Å². The number of carboxylic acid groups (broad SMARTS) is 1. The number of rotatable bonds is 7. The molecule has 0 saturated heterocycles. The summed E-state index contributed by atoms with van der Waals surface area (Å²) < 4.78 is 6.63. The van der Waals surface area contributed by atoms with Crippen LogP contribution in [0, 0.1) is 10.1 Å². The lowest BCUT2D eigenvalue weighted by atomic mass is 9.99. The Labute approximate surface area is 171 Å². The fourth-order valence-electron chi connectivity index (χ4n) is 3.80. The van der Waals surface area contributed by atoms with E-state index in [-0.39, 0.29) is 11.4 Å². The summed E-state index contributed by atoms with van der Waals surface area (Å²) in [5.74, 6) is 0.155. The zero-order valence-electron chi connectivity index (χ0n) is 16.6. The summed E-state index contributed by atoms with van der Waals surface area (Å²) in [6, 6.07) is 7.90. The molecular weight excluding hydrogens is 390 g/mol. The fraction of sp³-hybridized carbons (Fsp3) is 0.300. The summed E-state index contributed by atoms with van der Waals surface area (Å²) in [6.07, 6.45) is -1.41. The first-order valence-corrected chi connectivity index (χ1v) is 9.65. The third-order valence-corrected chi connectivity index (χ3v) is 5.33. The Bertz CT molecular complexity index is 1150. The SMILES string of the molecule is CCN(CC)CCn1nc2c3c(c([N+](=O)[O-])ccc31)Nc1ccc(OC(=O)O)cc1-2. The zero-order chi connectivity index (χ0) is 21.4. The van der Waals surface area contributed by atoms with E-state index in [9.17, 15) is 14.9 Å². The fourth-order valence-corrected chi connectivity index (χ4v) is 3.80. The maximum Gasteiger partial charge on any atom is 0.511 e. The minimum atomic E-state index is -1.41. The Hall–Kier alpha value is -3.66. The summed E-state index contributed by atoms with van der Waals surface area (Å²) >= 11 is 0. The quantitative estimate of drug-likeness (QED) is 0.202. The minimum Gasteiger partial charge on any atom is -0.449 e. The van der Waals surface area contributed by atoms with Gasteiger partial charge in [0.05, 0.1) is 22.4 Å². The van der Waals surface area contributed by atoms with Crippen LogP contribution in [0.3, 0.4) is 0 Å². The van der Waals surface area contributed by atoms with Gasteiger partial charge in [0, 0.05) is 23.9 Å². The highest BCUT2D eigenvalue weighted by Gasteiger charge is 2.29. The van der Waals surface area contributed by atoms with Crippen LogP contribution in [0.15, 0.2) is 30.3 Å². The van der Waals surface area contributed by atoms with Crippen LogP contribution in [-0.2, 0) is 6.54 Å². The first-order chi connectivity index (χ1) is 14.4. The van der Waals surface area contributed by atoms with E-state index < -0.39 is 11.1 Å². The van der Waals surface area contributed by atoms with Gasteiger partial charge in [-0.2, -0.15) is 5.10 Å². The van der Waals surface area contributed by atoms with E-state index in [2.05, 4.69) is 24.1 Å². The van der Waals surface area contributed by atoms with Crippen LogP contribution >= 0.6 is 0 Å². The summed E-state index contributed by atoms with van der Waals surface area (Å²) in [7, 11) is 0. The van der Waals surface area contributed by atoms with E-state index in [1.807, 2.05) is 4.68 Å². The predicted molar refractivity (Wildman–Crippen MR) is 112 cm³/mol. The molecule has 0 unspecified atom stereocenters. The molecule has 10 heteroatoms. The number of hydrogen-bond donors (Lipinski definition) is 2. The van der Waals surface area contributed by atoms with E-state index in [4.69, 9.17) is 14.9 Å². The Morgan fingerprint density at radius 1 is 1.30 bits per heavy atom. The number of aromatic nitrogens is 2. The van der Waals surface area contributed by atoms with Gasteiger partial charge in [-0.15, -0.1) is 0 Å². The van der Waals surface area contributed by atoms with E-state index in [1.165, 1.54) is 12.1 Å². The Morgan fingerprint density at radius 3 is 2.73 bits per heavy atom. The van der Waals surface area contributed by atoms with Crippen LogP contribution < -0.4 is 10.1 Å². The van der Waals surface area contributed by atoms with Crippen molar-refractivity contribution in [3.05, 3.63) is 40.4 Å². The van der Waals surface area contributed by atoms with Crippen molar-refractivity contribution in [2.24, 2.45) is 0 Å². The van der Waals surface area contributed by atoms with Crippen LogP contribution in [0.2, 0.25) is 0 Å². The van der Waals surface area contributed by atoms with Crippen molar-refractivity contribution in [2.75, 3.05) is 25.0 Å². The predicted octanol–water partition coefficient (Wildman–Crippen LogP) is 4.07. The van der Waals surface area contributed by atoms with Crippen LogP contribution in [0.5, 0.6) is 5.75 Å². The largest absolute Gasteiger partial charge is 0.511 e.